The fraction of sp³-hybridized carbons (Fsp3) is 1.00. The Morgan fingerprint density at radius 2 is 1.50 bits per heavy atom. The third-order valence-corrected chi connectivity index (χ3v) is 7.88. The van der Waals surface area contributed by atoms with Gasteiger partial charge in [-0.1, -0.05) is 19.3 Å². The highest BCUT2D eigenvalue weighted by Gasteiger charge is 2.58. The topological polar surface area (TPSA) is 161 Å². The lowest BCUT2D eigenvalue weighted by atomic mass is 9.91. The summed E-state index contributed by atoms with van der Waals surface area (Å²) >= 11 is 0. The van der Waals surface area contributed by atoms with Gasteiger partial charge in [0.05, 0.1) is 0 Å². The molecule has 0 saturated heterocycles. The molecule has 1 aliphatic carbocycles. The van der Waals surface area contributed by atoms with Crippen LogP contribution in [0, 0.1) is 5.92 Å². The molecule has 0 radical (unpaired) electrons. The summed E-state index contributed by atoms with van der Waals surface area (Å²) in [4.78, 5) is 36.2. The first-order valence-corrected chi connectivity index (χ1v) is 9.81. The SMILES string of the molecule is NC1CCCCCC1CCC(O)(P(=O)(O)O)P(=O)(O)O. The quantitative estimate of drug-likeness (QED) is 0.316. The molecule has 2 atom stereocenters. The van der Waals surface area contributed by atoms with Gasteiger partial charge in [0.2, 0.25) is 0 Å². The van der Waals surface area contributed by atoms with Crippen LogP contribution < -0.4 is 5.73 Å². The second kappa shape index (κ2) is 6.55. The molecule has 0 aromatic carbocycles. The van der Waals surface area contributed by atoms with Crippen LogP contribution in [0.2, 0.25) is 0 Å². The molecule has 0 bridgehead atoms. The van der Waals surface area contributed by atoms with Gasteiger partial charge in [0.1, 0.15) is 0 Å². The van der Waals surface area contributed by atoms with Crippen molar-refractivity contribution in [3.63, 3.8) is 0 Å². The van der Waals surface area contributed by atoms with Gasteiger partial charge < -0.3 is 30.4 Å². The minimum Gasteiger partial charge on any atom is -0.368 e. The van der Waals surface area contributed by atoms with Crippen molar-refractivity contribution in [3.05, 3.63) is 0 Å². The summed E-state index contributed by atoms with van der Waals surface area (Å²) in [5.41, 5.74) is 5.96. The van der Waals surface area contributed by atoms with E-state index in [1.54, 1.807) is 0 Å². The van der Waals surface area contributed by atoms with E-state index in [0.717, 1.165) is 32.1 Å². The lowest BCUT2D eigenvalue weighted by Gasteiger charge is -2.31. The second-order valence-corrected chi connectivity index (χ2v) is 9.47. The summed E-state index contributed by atoms with van der Waals surface area (Å²) < 4.78 is 22.5. The molecule has 8 nitrogen and oxygen atoms in total. The van der Waals surface area contributed by atoms with Crippen molar-refractivity contribution >= 4 is 15.2 Å². The minimum atomic E-state index is -5.36. The molecule has 0 aliphatic heterocycles. The monoisotopic (exact) mass is 331 g/mol. The lowest BCUT2D eigenvalue weighted by molar-refractivity contribution is 0.113. The fourth-order valence-electron chi connectivity index (χ4n) is 2.61. The van der Waals surface area contributed by atoms with E-state index in [1.807, 2.05) is 0 Å². The van der Waals surface area contributed by atoms with Gasteiger partial charge in [0.15, 0.2) is 0 Å². The highest BCUT2D eigenvalue weighted by molar-refractivity contribution is 7.72. The van der Waals surface area contributed by atoms with Crippen LogP contribution >= 0.6 is 15.2 Å². The molecule has 2 unspecified atom stereocenters. The molecule has 1 aliphatic rings. The van der Waals surface area contributed by atoms with Crippen molar-refractivity contribution in [2.45, 2.75) is 56.1 Å². The number of nitrogens with two attached hydrogens (primary N) is 1. The second-order valence-electron chi connectivity index (χ2n) is 5.46. The molecule has 7 N–H and O–H groups in total. The molecule has 0 amide bonds. The zero-order chi connectivity index (χ0) is 15.6. The van der Waals surface area contributed by atoms with E-state index in [4.69, 9.17) is 25.3 Å². The van der Waals surface area contributed by atoms with Gasteiger partial charge in [-0.05, 0) is 25.2 Å². The minimum absolute atomic E-state index is 0.0773. The van der Waals surface area contributed by atoms with Crippen LogP contribution in [-0.4, -0.2) is 35.8 Å². The Kier molecular flexibility index (Phi) is 5.98. The van der Waals surface area contributed by atoms with E-state index in [1.165, 1.54) is 0 Å². The van der Waals surface area contributed by atoms with Gasteiger partial charge in [-0.3, -0.25) is 9.13 Å². The highest BCUT2D eigenvalue weighted by Crippen LogP contribution is 2.69. The van der Waals surface area contributed by atoms with Crippen LogP contribution in [-0.2, 0) is 9.13 Å². The van der Waals surface area contributed by atoms with Crippen molar-refractivity contribution in [2.75, 3.05) is 0 Å². The van der Waals surface area contributed by atoms with E-state index in [-0.39, 0.29) is 18.4 Å². The molecule has 0 spiro atoms. The summed E-state index contributed by atoms with van der Waals surface area (Å²) in [7, 11) is -10.7. The fourth-order valence-corrected chi connectivity index (χ4v) is 4.81. The lowest BCUT2D eigenvalue weighted by Crippen LogP contribution is -2.33. The Bertz CT molecular complexity index is 396. The maximum atomic E-state index is 11.2. The molecule has 0 heterocycles. The molecule has 0 aromatic rings. The van der Waals surface area contributed by atoms with Crippen LogP contribution in [0.15, 0.2) is 0 Å². The van der Waals surface area contributed by atoms with Gasteiger partial charge in [-0.2, -0.15) is 0 Å². The van der Waals surface area contributed by atoms with E-state index in [9.17, 15) is 14.2 Å². The Hall–Kier alpha value is 0.220. The standard InChI is InChI=1S/C10H23NO7P2/c11-9-5-3-1-2-4-8(9)6-7-10(12,19(13,14)15)20(16,17)18/h8-9,12H,1-7,11H2,(H2,13,14,15)(H2,16,17,18). The van der Waals surface area contributed by atoms with Crippen LogP contribution in [0.25, 0.3) is 0 Å². The van der Waals surface area contributed by atoms with Gasteiger partial charge in [-0.15, -0.1) is 0 Å². The summed E-state index contributed by atoms with van der Waals surface area (Å²) in [6.07, 6.45) is 3.83. The average molecular weight is 331 g/mol. The molecule has 10 heteroatoms. The number of hydrogen-bond acceptors (Lipinski definition) is 4. The van der Waals surface area contributed by atoms with Gasteiger partial charge in [0, 0.05) is 12.5 Å². The van der Waals surface area contributed by atoms with Crippen LogP contribution in [0.5, 0.6) is 0 Å². The first kappa shape index (κ1) is 18.3. The smallest absolute Gasteiger partial charge is 0.368 e. The summed E-state index contributed by atoms with van der Waals surface area (Å²) in [6.45, 7) is 0. The van der Waals surface area contributed by atoms with Crippen molar-refractivity contribution in [3.8, 4) is 0 Å². The Labute approximate surface area is 117 Å². The predicted molar refractivity (Wildman–Crippen MR) is 72.8 cm³/mol. The molecule has 1 saturated carbocycles. The molecule has 1 rings (SSSR count). The van der Waals surface area contributed by atoms with Crippen molar-refractivity contribution in [2.24, 2.45) is 11.7 Å². The first-order chi connectivity index (χ1) is 8.99. The van der Waals surface area contributed by atoms with Gasteiger partial charge >= 0.3 is 15.2 Å². The van der Waals surface area contributed by atoms with Crippen molar-refractivity contribution in [1.82, 2.24) is 0 Å². The van der Waals surface area contributed by atoms with E-state index in [2.05, 4.69) is 0 Å². The van der Waals surface area contributed by atoms with Crippen molar-refractivity contribution in [1.29, 1.82) is 0 Å². The molecular weight excluding hydrogens is 308 g/mol. The first-order valence-electron chi connectivity index (χ1n) is 6.58. The normalized spacial score (nSPS) is 26.3. The zero-order valence-corrected chi connectivity index (χ0v) is 12.9. The number of aliphatic hydroxyl groups is 1. The Morgan fingerprint density at radius 3 is 2.00 bits per heavy atom. The predicted octanol–water partition coefficient (Wildman–Crippen LogP) is 0.676. The zero-order valence-electron chi connectivity index (χ0n) is 11.1. The largest absolute Gasteiger partial charge is 0.369 e. The van der Waals surface area contributed by atoms with Crippen molar-refractivity contribution < 1.29 is 33.8 Å². The maximum Gasteiger partial charge on any atom is 0.369 e. The van der Waals surface area contributed by atoms with Gasteiger partial charge in [0.25, 0.3) is 5.08 Å². The summed E-state index contributed by atoms with van der Waals surface area (Å²) in [6, 6.07) is -0.171. The third-order valence-electron chi connectivity index (χ3n) is 4.00. The summed E-state index contributed by atoms with van der Waals surface area (Å²) in [5.74, 6) is -0.0953. The van der Waals surface area contributed by atoms with Crippen LogP contribution in [0.4, 0.5) is 0 Å². The van der Waals surface area contributed by atoms with Crippen LogP contribution in [0.1, 0.15) is 44.9 Å². The summed E-state index contributed by atoms with van der Waals surface area (Å²) in [5, 5.41) is 6.49. The van der Waals surface area contributed by atoms with Crippen LogP contribution in [0.3, 0.4) is 0 Å². The molecule has 120 valence electrons. The highest BCUT2D eigenvalue weighted by atomic mass is 31.2. The number of rotatable bonds is 5. The van der Waals surface area contributed by atoms with E-state index >= 15 is 0 Å². The Balaban J connectivity index is 2.82. The van der Waals surface area contributed by atoms with E-state index < -0.39 is 26.7 Å². The van der Waals surface area contributed by atoms with E-state index in [0.29, 0.717) is 0 Å². The average Bonchev–Trinajstić information content (AvgIpc) is 2.48. The van der Waals surface area contributed by atoms with Gasteiger partial charge in [-0.25, -0.2) is 0 Å². The molecule has 1 fully saturated rings. The Morgan fingerprint density at radius 1 is 1.00 bits per heavy atom. The number of hydrogen-bond donors (Lipinski definition) is 6. The molecular formula is C10H23NO7P2. The molecule has 0 aromatic heterocycles. The third kappa shape index (κ3) is 4.12. The molecule has 20 heavy (non-hydrogen) atoms. The maximum absolute atomic E-state index is 11.2.